The fourth-order valence-corrected chi connectivity index (χ4v) is 2.39. The third kappa shape index (κ3) is 16.9. The first-order valence-corrected chi connectivity index (χ1v) is 8.71. The molecule has 0 bridgehead atoms. The van der Waals surface area contributed by atoms with Crippen molar-refractivity contribution in [3.05, 3.63) is 0 Å². The van der Waals surface area contributed by atoms with Crippen molar-refractivity contribution >= 4 is 17.8 Å². The summed E-state index contributed by atoms with van der Waals surface area (Å²) < 4.78 is 0. The summed E-state index contributed by atoms with van der Waals surface area (Å²) >= 11 is 0. The van der Waals surface area contributed by atoms with Crippen molar-refractivity contribution in [1.29, 1.82) is 0 Å². The van der Waals surface area contributed by atoms with E-state index in [2.05, 4.69) is 12.2 Å². The molecule has 0 rings (SSSR count). The van der Waals surface area contributed by atoms with Gasteiger partial charge in [0.05, 0.1) is 0 Å². The Labute approximate surface area is 189 Å². The van der Waals surface area contributed by atoms with Gasteiger partial charge in [0.15, 0.2) is 0 Å². The molecule has 1 unspecified atom stereocenters. The fourth-order valence-electron chi connectivity index (χ4n) is 2.39. The van der Waals surface area contributed by atoms with Gasteiger partial charge in [-0.3, -0.25) is 9.59 Å². The number of carboxylic acid groups (broad SMARTS) is 2. The van der Waals surface area contributed by atoms with Gasteiger partial charge in [0.1, 0.15) is 6.04 Å². The molecule has 0 saturated heterocycles. The topological polar surface area (TPSA) is 104 Å². The van der Waals surface area contributed by atoms with E-state index in [1.54, 1.807) is 0 Å². The van der Waals surface area contributed by atoms with Gasteiger partial charge in [0.2, 0.25) is 5.91 Å². The predicted molar refractivity (Wildman–Crippen MR) is 89.4 cm³/mol. The maximum Gasteiger partial charge on any atom is 1.00 e. The molecular formula is C17H32KNO5. The molecule has 0 aliphatic rings. The zero-order chi connectivity index (χ0) is 17.5. The largest absolute Gasteiger partial charge is 1.00 e. The van der Waals surface area contributed by atoms with E-state index in [4.69, 9.17) is 10.2 Å². The van der Waals surface area contributed by atoms with Gasteiger partial charge in [-0.25, -0.2) is 4.79 Å². The Hall–Kier alpha value is 0.0464. The Morgan fingerprint density at radius 2 is 1.38 bits per heavy atom. The van der Waals surface area contributed by atoms with E-state index in [-0.39, 0.29) is 71.6 Å². The second-order valence-electron chi connectivity index (χ2n) is 5.97. The Balaban J connectivity index is -0.00000242. The summed E-state index contributed by atoms with van der Waals surface area (Å²) in [5.41, 5.74) is 0. The van der Waals surface area contributed by atoms with Gasteiger partial charge in [0, 0.05) is 12.8 Å². The number of carbonyl (C=O) groups is 3. The third-order valence-electron chi connectivity index (χ3n) is 3.79. The number of nitrogens with one attached hydrogen (secondary N) is 1. The van der Waals surface area contributed by atoms with Crippen LogP contribution in [0.4, 0.5) is 0 Å². The van der Waals surface area contributed by atoms with Crippen molar-refractivity contribution in [2.24, 2.45) is 0 Å². The summed E-state index contributed by atoms with van der Waals surface area (Å²) in [5.74, 6) is -2.57. The second-order valence-corrected chi connectivity index (χ2v) is 5.97. The maximum absolute atomic E-state index is 11.7. The molecule has 6 nitrogen and oxygen atoms in total. The summed E-state index contributed by atoms with van der Waals surface area (Å²) in [6, 6.07) is -1.11. The molecule has 24 heavy (non-hydrogen) atoms. The van der Waals surface area contributed by atoms with Gasteiger partial charge in [-0.05, 0) is 12.8 Å². The van der Waals surface area contributed by atoms with Crippen LogP contribution in [0.25, 0.3) is 0 Å². The molecule has 136 valence electrons. The minimum Gasteiger partial charge on any atom is -1.00 e. The van der Waals surface area contributed by atoms with Crippen molar-refractivity contribution in [3.63, 3.8) is 0 Å². The molecule has 1 amide bonds. The smallest absolute Gasteiger partial charge is 1.00 e. The van der Waals surface area contributed by atoms with E-state index in [9.17, 15) is 14.4 Å². The number of carboxylic acids is 2. The molecule has 0 aromatic rings. The molecule has 0 aliphatic heterocycles. The van der Waals surface area contributed by atoms with Crippen LogP contribution in [0, 0.1) is 0 Å². The molecular weight excluding hydrogens is 337 g/mol. The summed E-state index contributed by atoms with van der Waals surface area (Å²) in [6.45, 7) is 2.20. The number of aliphatic carboxylic acids is 2. The summed E-state index contributed by atoms with van der Waals surface area (Å²) in [4.78, 5) is 33.1. The van der Waals surface area contributed by atoms with E-state index in [1.165, 1.54) is 38.5 Å². The normalized spacial score (nSPS) is 11.4. The number of rotatable bonds is 15. The van der Waals surface area contributed by atoms with E-state index in [0.29, 0.717) is 6.42 Å². The Bertz CT molecular complexity index is 369. The molecule has 1 atom stereocenters. The van der Waals surface area contributed by atoms with Crippen LogP contribution in [0.1, 0.15) is 85.4 Å². The standard InChI is InChI=1S/C17H31NO5.K.H/c1-2-3-4-5-6-7-8-9-10-11-15(19)18-14(17(22)23)12-13-16(20)21;;/h14H,2-13H2,1H3,(H,18,19)(H,20,21)(H,22,23);;/q;+1;-1. The zero-order valence-corrected chi connectivity index (χ0v) is 18.3. The van der Waals surface area contributed by atoms with E-state index >= 15 is 0 Å². The van der Waals surface area contributed by atoms with Gasteiger partial charge in [-0.15, -0.1) is 0 Å². The van der Waals surface area contributed by atoms with Crippen molar-refractivity contribution in [2.45, 2.75) is 90.0 Å². The third-order valence-corrected chi connectivity index (χ3v) is 3.79. The van der Waals surface area contributed by atoms with Gasteiger partial charge in [-0.2, -0.15) is 0 Å². The first-order valence-electron chi connectivity index (χ1n) is 8.71. The molecule has 0 fully saturated rings. The molecule has 0 aromatic heterocycles. The number of hydrogen-bond donors (Lipinski definition) is 3. The van der Waals surface area contributed by atoms with Gasteiger partial charge < -0.3 is 17.0 Å². The SMILES string of the molecule is CCCCCCCCCCCC(=O)NC(CCC(=O)O)C(=O)O.[H-].[K+]. The van der Waals surface area contributed by atoms with Crippen LogP contribution in [-0.4, -0.2) is 34.1 Å². The fraction of sp³-hybridized carbons (Fsp3) is 0.824. The summed E-state index contributed by atoms with van der Waals surface area (Å²) in [7, 11) is 0. The first-order chi connectivity index (χ1) is 11.0. The predicted octanol–water partition coefficient (Wildman–Crippen LogP) is 0.458. The van der Waals surface area contributed by atoms with Crippen LogP contribution in [-0.2, 0) is 14.4 Å². The van der Waals surface area contributed by atoms with Crippen molar-refractivity contribution < 1.29 is 77.4 Å². The minimum absolute atomic E-state index is 0. The molecule has 7 heteroatoms. The van der Waals surface area contributed by atoms with E-state index in [1.807, 2.05) is 0 Å². The molecule has 0 radical (unpaired) electrons. The van der Waals surface area contributed by atoms with Crippen molar-refractivity contribution in [2.75, 3.05) is 0 Å². The number of amides is 1. The number of carbonyl (C=O) groups excluding carboxylic acids is 1. The molecule has 3 N–H and O–H groups in total. The monoisotopic (exact) mass is 369 g/mol. The Kier molecular flexibility index (Phi) is 19.6. The van der Waals surface area contributed by atoms with Crippen LogP contribution in [0.3, 0.4) is 0 Å². The van der Waals surface area contributed by atoms with E-state index in [0.717, 1.165) is 19.3 Å². The van der Waals surface area contributed by atoms with Crippen LogP contribution >= 0.6 is 0 Å². The number of hydrogen-bond acceptors (Lipinski definition) is 3. The summed E-state index contributed by atoms with van der Waals surface area (Å²) in [6.07, 6.45) is 10.3. The Morgan fingerprint density at radius 3 is 1.83 bits per heavy atom. The molecule has 0 aliphatic carbocycles. The van der Waals surface area contributed by atoms with Crippen LogP contribution in [0.5, 0.6) is 0 Å². The van der Waals surface area contributed by atoms with Crippen LogP contribution in [0.2, 0.25) is 0 Å². The molecule has 0 heterocycles. The van der Waals surface area contributed by atoms with Crippen LogP contribution in [0.15, 0.2) is 0 Å². The average molecular weight is 370 g/mol. The zero-order valence-electron chi connectivity index (χ0n) is 16.2. The minimum atomic E-state index is -1.19. The van der Waals surface area contributed by atoms with Crippen molar-refractivity contribution in [1.82, 2.24) is 5.32 Å². The average Bonchev–Trinajstić information content (AvgIpc) is 2.49. The van der Waals surface area contributed by atoms with E-state index < -0.39 is 18.0 Å². The van der Waals surface area contributed by atoms with Crippen LogP contribution < -0.4 is 56.7 Å². The quantitative estimate of drug-likeness (QED) is 0.287. The number of unbranched alkanes of at least 4 members (excludes halogenated alkanes) is 8. The van der Waals surface area contributed by atoms with Gasteiger partial charge in [0.25, 0.3) is 0 Å². The molecule has 0 spiro atoms. The maximum atomic E-state index is 11.7. The summed E-state index contributed by atoms with van der Waals surface area (Å²) in [5, 5.41) is 19.9. The second kappa shape index (κ2) is 17.9. The van der Waals surface area contributed by atoms with Gasteiger partial charge in [-0.1, -0.05) is 58.3 Å². The molecule has 0 saturated carbocycles. The van der Waals surface area contributed by atoms with Gasteiger partial charge >= 0.3 is 63.3 Å². The molecule has 0 aromatic carbocycles. The first kappa shape index (κ1) is 26.3. The van der Waals surface area contributed by atoms with Crippen molar-refractivity contribution in [3.8, 4) is 0 Å². The Morgan fingerprint density at radius 1 is 0.875 bits per heavy atom.